The molecule has 0 saturated carbocycles. The van der Waals surface area contributed by atoms with Gasteiger partial charge in [-0.3, -0.25) is 4.79 Å². The van der Waals surface area contributed by atoms with E-state index in [4.69, 9.17) is 4.74 Å². The number of rotatable bonds is 5. The molecular weight excluding hydrogens is 412 g/mol. The van der Waals surface area contributed by atoms with Gasteiger partial charge in [-0.25, -0.2) is 8.78 Å². The number of thiophene rings is 1. The SMILES string of the molecule is O=C(Nc1ccc(Br)cc1F)c1cc(COc2ccccc2F)cs1. The molecule has 1 N–H and O–H groups in total. The summed E-state index contributed by atoms with van der Waals surface area (Å²) in [5.74, 6) is -1.23. The highest BCUT2D eigenvalue weighted by molar-refractivity contribution is 9.10. The fourth-order valence-electron chi connectivity index (χ4n) is 2.07. The minimum Gasteiger partial charge on any atom is -0.486 e. The van der Waals surface area contributed by atoms with E-state index < -0.39 is 17.5 Å². The summed E-state index contributed by atoms with van der Waals surface area (Å²) >= 11 is 4.37. The van der Waals surface area contributed by atoms with E-state index in [1.54, 1.807) is 29.6 Å². The zero-order valence-corrected chi connectivity index (χ0v) is 15.2. The van der Waals surface area contributed by atoms with Gasteiger partial charge < -0.3 is 10.1 Å². The summed E-state index contributed by atoms with van der Waals surface area (Å²) in [6.45, 7) is 0.136. The average Bonchev–Trinajstić information content (AvgIpc) is 3.06. The third-order valence-electron chi connectivity index (χ3n) is 3.29. The molecule has 0 fully saturated rings. The molecule has 0 unspecified atom stereocenters. The van der Waals surface area contributed by atoms with Gasteiger partial charge in [-0.2, -0.15) is 0 Å². The van der Waals surface area contributed by atoms with Gasteiger partial charge >= 0.3 is 0 Å². The zero-order valence-electron chi connectivity index (χ0n) is 12.8. The lowest BCUT2D eigenvalue weighted by Crippen LogP contribution is -2.11. The first-order valence-corrected chi connectivity index (χ1v) is 8.91. The van der Waals surface area contributed by atoms with Gasteiger partial charge in [-0.15, -0.1) is 11.3 Å². The maximum absolute atomic E-state index is 13.8. The number of halogens is 3. The number of amides is 1. The Morgan fingerprint density at radius 1 is 1.12 bits per heavy atom. The lowest BCUT2D eigenvalue weighted by atomic mass is 10.3. The van der Waals surface area contributed by atoms with Gasteiger partial charge in [0, 0.05) is 10.0 Å². The third-order valence-corrected chi connectivity index (χ3v) is 4.76. The van der Waals surface area contributed by atoms with Crippen LogP contribution in [0.15, 0.2) is 58.4 Å². The smallest absolute Gasteiger partial charge is 0.265 e. The van der Waals surface area contributed by atoms with Crippen LogP contribution in [0.3, 0.4) is 0 Å². The first-order chi connectivity index (χ1) is 12.0. The van der Waals surface area contributed by atoms with E-state index in [-0.39, 0.29) is 18.0 Å². The summed E-state index contributed by atoms with van der Waals surface area (Å²) in [6, 6.07) is 12.1. The van der Waals surface area contributed by atoms with Crippen LogP contribution in [0.5, 0.6) is 5.75 Å². The Morgan fingerprint density at radius 3 is 2.68 bits per heavy atom. The summed E-state index contributed by atoms with van der Waals surface area (Å²) in [4.78, 5) is 12.6. The molecule has 7 heteroatoms. The number of nitrogens with one attached hydrogen (secondary N) is 1. The third kappa shape index (κ3) is 4.43. The van der Waals surface area contributed by atoms with E-state index in [9.17, 15) is 13.6 Å². The highest BCUT2D eigenvalue weighted by atomic mass is 79.9. The van der Waals surface area contributed by atoms with Gasteiger partial charge in [0.05, 0.1) is 10.6 Å². The van der Waals surface area contributed by atoms with Gasteiger partial charge in [-0.05, 0) is 41.8 Å². The summed E-state index contributed by atoms with van der Waals surface area (Å²) in [5.41, 5.74) is 0.834. The van der Waals surface area contributed by atoms with Crippen molar-refractivity contribution < 1.29 is 18.3 Å². The summed E-state index contributed by atoms with van der Waals surface area (Å²) < 4.78 is 33.3. The van der Waals surface area contributed by atoms with Crippen molar-refractivity contribution in [2.24, 2.45) is 0 Å². The van der Waals surface area contributed by atoms with E-state index in [1.165, 1.54) is 35.6 Å². The van der Waals surface area contributed by atoms with E-state index >= 15 is 0 Å². The van der Waals surface area contributed by atoms with Crippen LogP contribution in [0.2, 0.25) is 0 Å². The molecule has 0 atom stereocenters. The molecule has 0 radical (unpaired) electrons. The highest BCUT2D eigenvalue weighted by Gasteiger charge is 2.13. The quantitative estimate of drug-likeness (QED) is 0.578. The van der Waals surface area contributed by atoms with Crippen molar-refractivity contribution in [3.05, 3.63) is 80.5 Å². The molecule has 3 rings (SSSR count). The number of hydrogen-bond donors (Lipinski definition) is 1. The predicted molar refractivity (Wildman–Crippen MR) is 97.1 cm³/mol. The van der Waals surface area contributed by atoms with Crippen molar-refractivity contribution in [1.82, 2.24) is 0 Å². The van der Waals surface area contributed by atoms with Crippen LogP contribution < -0.4 is 10.1 Å². The van der Waals surface area contributed by atoms with Crippen molar-refractivity contribution in [2.75, 3.05) is 5.32 Å². The van der Waals surface area contributed by atoms with Gasteiger partial charge in [-0.1, -0.05) is 28.1 Å². The molecular formula is C18H12BrF2NO2S. The number of anilines is 1. The largest absolute Gasteiger partial charge is 0.486 e. The van der Waals surface area contributed by atoms with Crippen molar-refractivity contribution in [1.29, 1.82) is 0 Å². The molecule has 3 aromatic rings. The summed E-state index contributed by atoms with van der Waals surface area (Å²) in [5, 5.41) is 4.27. The van der Waals surface area contributed by atoms with Crippen LogP contribution in [-0.4, -0.2) is 5.91 Å². The second-order valence-corrected chi connectivity index (χ2v) is 6.94. The number of para-hydroxylation sites is 1. The van der Waals surface area contributed by atoms with Crippen LogP contribution in [0.4, 0.5) is 14.5 Å². The molecule has 1 amide bonds. The van der Waals surface area contributed by atoms with Crippen LogP contribution in [-0.2, 0) is 6.61 Å². The molecule has 128 valence electrons. The number of ether oxygens (including phenoxy) is 1. The molecule has 0 aliphatic carbocycles. The fraction of sp³-hybridized carbons (Fsp3) is 0.0556. The first kappa shape index (κ1) is 17.6. The zero-order chi connectivity index (χ0) is 17.8. The Morgan fingerprint density at radius 2 is 1.92 bits per heavy atom. The predicted octanol–water partition coefficient (Wildman–Crippen LogP) is 5.62. The second kappa shape index (κ2) is 7.76. The first-order valence-electron chi connectivity index (χ1n) is 7.24. The van der Waals surface area contributed by atoms with E-state index in [0.29, 0.717) is 9.35 Å². The Labute approximate surface area is 155 Å². The van der Waals surface area contributed by atoms with Crippen LogP contribution in [0.25, 0.3) is 0 Å². The monoisotopic (exact) mass is 423 g/mol. The van der Waals surface area contributed by atoms with E-state index in [0.717, 1.165) is 5.56 Å². The number of benzene rings is 2. The molecule has 0 aliphatic rings. The standard InChI is InChI=1S/C18H12BrF2NO2S/c19-12-5-6-15(14(21)8-12)22-18(23)17-7-11(10-25-17)9-24-16-4-2-1-3-13(16)20/h1-8,10H,9H2,(H,22,23). The van der Waals surface area contributed by atoms with Gasteiger partial charge in [0.25, 0.3) is 5.91 Å². The molecule has 0 saturated heterocycles. The van der Waals surface area contributed by atoms with Crippen molar-refractivity contribution in [3.8, 4) is 5.75 Å². The maximum Gasteiger partial charge on any atom is 0.265 e. The molecule has 2 aromatic carbocycles. The summed E-state index contributed by atoms with van der Waals surface area (Å²) in [6.07, 6.45) is 0. The number of carbonyl (C=O) groups excluding carboxylic acids is 1. The number of carbonyl (C=O) groups is 1. The molecule has 25 heavy (non-hydrogen) atoms. The molecule has 1 heterocycles. The number of hydrogen-bond acceptors (Lipinski definition) is 3. The van der Waals surface area contributed by atoms with Crippen molar-refractivity contribution >= 4 is 38.9 Å². The fourth-order valence-corrected chi connectivity index (χ4v) is 3.19. The molecule has 1 aromatic heterocycles. The van der Waals surface area contributed by atoms with Gasteiger partial charge in [0.1, 0.15) is 12.4 Å². The van der Waals surface area contributed by atoms with E-state index in [1.807, 2.05) is 0 Å². The molecule has 0 aliphatic heterocycles. The van der Waals surface area contributed by atoms with Crippen LogP contribution in [0, 0.1) is 11.6 Å². The van der Waals surface area contributed by atoms with Crippen LogP contribution >= 0.6 is 27.3 Å². The average molecular weight is 424 g/mol. The molecule has 3 nitrogen and oxygen atoms in total. The van der Waals surface area contributed by atoms with Crippen LogP contribution in [0.1, 0.15) is 15.2 Å². The highest BCUT2D eigenvalue weighted by Crippen LogP contribution is 2.23. The Kier molecular flexibility index (Phi) is 5.45. The van der Waals surface area contributed by atoms with E-state index in [2.05, 4.69) is 21.2 Å². The van der Waals surface area contributed by atoms with Gasteiger partial charge in [0.2, 0.25) is 0 Å². The lowest BCUT2D eigenvalue weighted by molar-refractivity contribution is 0.103. The molecule has 0 spiro atoms. The Bertz CT molecular complexity index is 914. The minimum atomic E-state index is -0.526. The normalized spacial score (nSPS) is 10.5. The summed E-state index contributed by atoms with van der Waals surface area (Å²) in [7, 11) is 0. The van der Waals surface area contributed by atoms with Crippen molar-refractivity contribution in [3.63, 3.8) is 0 Å². The lowest BCUT2D eigenvalue weighted by Gasteiger charge is -2.06. The Hall–Kier alpha value is -2.25. The Balaban J connectivity index is 1.64. The molecule has 0 bridgehead atoms. The topological polar surface area (TPSA) is 38.3 Å². The van der Waals surface area contributed by atoms with Gasteiger partial charge in [0.15, 0.2) is 11.6 Å². The minimum absolute atomic E-state index is 0.103. The van der Waals surface area contributed by atoms with Crippen molar-refractivity contribution in [2.45, 2.75) is 6.61 Å². The maximum atomic E-state index is 13.8. The second-order valence-electron chi connectivity index (χ2n) is 5.12.